The first kappa shape index (κ1) is 35.7. The van der Waals surface area contributed by atoms with Crippen molar-refractivity contribution in [2.45, 2.75) is 78.0 Å². The van der Waals surface area contributed by atoms with Gasteiger partial charge in [0.25, 0.3) is 0 Å². The van der Waals surface area contributed by atoms with Crippen LogP contribution in [0.5, 0.6) is 0 Å². The monoisotopic (exact) mass is 668 g/mol. The average Bonchev–Trinajstić information content (AvgIpc) is 3.32. The van der Waals surface area contributed by atoms with Crippen LogP contribution >= 0.6 is 0 Å². The molecule has 1 amide bonds. The second kappa shape index (κ2) is 14.3. The fourth-order valence-corrected chi connectivity index (χ4v) is 6.96. The van der Waals surface area contributed by atoms with E-state index in [1.54, 1.807) is 18.5 Å². The molecule has 1 fully saturated rings. The third kappa shape index (κ3) is 8.82. The summed E-state index contributed by atoms with van der Waals surface area (Å²) >= 11 is 0. The number of amides is 1. The Morgan fingerprint density at radius 2 is 1.83 bits per heavy atom. The smallest absolute Gasteiger partial charge is 0.390 e. The topological polar surface area (TPSA) is 151 Å². The number of ketones is 1. The van der Waals surface area contributed by atoms with E-state index in [0.29, 0.717) is 54.1 Å². The van der Waals surface area contributed by atoms with Gasteiger partial charge in [0.2, 0.25) is 15.9 Å². The molecule has 1 aromatic heterocycles. The van der Waals surface area contributed by atoms with Gasteiger partial charge in [-0.3, -0.25) is 14.3 Å². The fourth-order valence-electron chi connectivity index (χ4n) is 6.17. The summed E-state index contributed by atoms with van der Waals surface area (Å²) in [6.45, 7) is 6.49. The van der Waals surface area contributed by atoms with Gasteiger partial charge < -0.3 is 21.1 Å². The number of likely N-dealkylation sites (tertiary alicyclic amines) is 1. The zero-order chi connectivity index (χ0) is 34.0. The summed E-state index contributed by atoms with van der Waals surface area (Å²) in [4.78, 5) is 26.0. The number of sulfonamides is 1. The number of hydrogen-bond acceptors (Lipinski definition) is 8. The second-order valence-electron chi connectivity index (χ2n) is 12.5. The summed E-state index contributed by atoms with van der Waals surface area (Å²) < 4.78 is 69.6. The van der Waals surface area contributed by atoms with Gasteiger partial charge in [0.1, 0.15) is 5.78 Å². The molecule has 46 heavy (non-hydrogen) atoms. The van der Waals surface area contributed by atoms with Gasteiger partial charge in [0.05, 0.1) is 36.2 Å². The van der Waals surface area contributed by atoms with Crippen molar-refractivity contribution in [2.75, 3.05) is 32.4 Å². The van der Waals surface area contributed by atoms with Crippen LogP contribution in [0, 0.1) is 5.92 Å². The molecular weight excluding hydrogens is 625 g/mol. The number of piperidine rings is 1. The van der Waals surface area contributed by atoms with E-state index in [2.05, 4.69) is 10.2 Å². The number of hydrogen-bond donors (Lipinski definition) is 3. The molecule has 1 aromatic carbocycles. The van der Waals surface area contributed by atoms with Crippen LogP contribution in [0.25, 0.3) is 11.3 Å². The number of rotatable bonds is 11. The van der Waals surface area contributed by atoms with Crippen molar-refractivity contribution in [2.24, 2.45) is 11.7 Å². The summed E-state index contributed by atoms with van der Waals surface area (Å²) in [5, 5.41) is 18.3. The van der Waals surface area contributed by atoms with E-state index in [1.165, 1.54) is 29.4 Å². The fraction of sp³-hybridized carbons (Fsp3) is 0.581. The number of allylic oxidation sites excluding steroid dienone is 1. The van der Waals surface area contributed by atoms with E-state index >= 15 is 0 Å². The quantitative estimate of drug-likeness (QED) is 0.309. The van der Waals surface area contributed by atoms with Gasteiger partial charge in [-0.15, -0.1) is 0 Å². The Morgan fingerprint density at radius 3 is 2.41 bits per heavy atom. The molecule has 11 nitrogen and oxygen atoms in total. The Morgan fingerprint density at radius 1 is 1.15 bits per heavy atom. The van der Waals surface area contributed by atoms with Gasteiger partial charge in [-0.1, -0.05) is 11.6 Å². The molecule has 2 atom stereocenters. The molecule has 0 bridgehead atoms. The summed E-state index contributed by atoms with van der Waals surface area (Å²) in [6, 6.07) is 3.07. The Kier molecular flexibility index (Phi) is 11.1. The minimum atomic E-state index is -4.67. The first-order valence-electron chi connectivity index (χ1n) is 15.3. The zero-order valence-corrected chi connectivity index (χ0v) is 27.4. The van der Waals surface area contributed by atoms with Crippen molar-refractivity contribution in [3.05, 3.63) is 52.2 Å². The number of Topliss-reactive ketones (excluding diaryl/α,β-unsaturated/α-hetero) is 1. The van der Waals surface area contributed by atoms with Crippen LogP contribution in [0.15, 0.2) is 29.8 Å². The molecule has 1 saturated heterocycles. The number of carbonyl (C=O) groups is 2. The van der Waals surface area contributed by atoms with Gasteiger partial charge in [-0.05, 0) is 70.3 Å². The molecular formula is C31H43F3N6O5S. The summed E-state index contributed by atoms with van der Waals surface area (Å²) in [5.41, 5.74) is 7.59. The standard InChI is InChI=1S/C31H43F3N6O5S/c1-19(2)13-28(43)36-15-23-14-22(5-6-26(23)31(32,33)34)30-25-18-39(46(4,44)45)12-9-27(25)40(37-30)17-24(42)16-38-10-7-21(8-11-38)29(35)20(3)41/h5-6,13-14,21,24,29,42H,7-12,15-18,35H2,1-4H3,(H,36,43). The molecule has 2 aromatic rings. The van der Waals surface area contributed by atoms with Crippen molar-refractivity contribution in [3.8, 4) is 11.3 Å². The largest absolute Gasteiger partial charge is 0.416 e. The van der Waals surface area contributed by atoms with Crippen molar-refractivity contribution >= 4 is 21.7 Å². The minimum absolute atomic E-state index is 0.0167. The average molecular weight is 669 g/mol. The Labute approximate surface area is 267 Å². The third-order valence-electron chi connectivity index (χ3n) is 8.59. The van der Waals surface area contributed by atoms with E-state index < -0.39 is 39.8 Å². The minimum Gasteiger partial charge on any atom is -0.390 e. The molecule has 15 heteroatoms. The van der Waals surface area contributed by atoms with Crippen LogP contribution < -0.4 is 11.1 Å². The van der Waals surface area contributed by atoms with Crippen molar-refractivity contribution < 1.29 is 36.3 Å². The zero-order valence-electron chi connectivity index (χ0n) is 26.6. The van der Waals surface area contributed by atoms with Gasteiger partial charge in [0.15, 0.2) is 0 Å². The highest BCUT2D eigenvalue weighted by atomic mass is 32.2. The molecule has 4 rings (SSSR count). The number of carbonyl (C=O) groups excluding carboxylic acids is 2. The van der Waals surface area contributed by atoms with Gasteiger partial charge in [-0.2, -0.15) is 22.6 Å². The molecule has 4 N–H and O–H groups in total. The first-order chi connectivity index (χ1) is 21.4. The number of alkyl halides is 3. The van der Waals surface area contributed by atoms with Crippen LogP contribution in [-0.2, 0) is 51.8 Å². The molecule has 0 aliphatic carbocycles. The van der Waals surface area contributed by atoms with Gasteiger partial charge >= 0.3 is 6.18 Å². The molecule has 254 valence electrons. The van der Waals surface area contributed by atoms with Crippen LogP contribution in [0.3, 0.4) is 0 Å². The highest BCUT2D eigenvalue weighted by Gasteiger charge is 2.35. The van der Waals surface area contributed by atoms with Crippen LogP contribution in [-0.4, -0.2) is 88.8 Å². The lowest BCUT2D eigenvalue weighted by atomic mass is 9.88. The summed E-state index contributed by atoms with van der Waals surface area (Å²) in [6.07, 6.45) is -1.33. The molecule has 3 heterocycles. The molecule has 2 aliphatic heterocycles. The maximum atomic E-state index is 13.9. The number of aliphatic hydroxyl groups is 1. The first-order valence-corrected chi connectivity index (χ1v) is 17.1. The maximum Gasteiger partial charge on any atom is 0.416 e. The van der Waals surface area contributed by atoms with E-state index in [0.717, 1.165) is 25.2 Å². The van der Waals surface area contributed by atoms with Crippen LogP contribution in [0.4, 0.5) is 13.2 Å². The Bertz CT molecular complexity index is 1580. The number of nitrogens with zero attached hydrogens (tertiary/aromatic N) is 4. The SMILES string of the molecule is CC(=O)C(N)C1CCN(CC(O)Cn2nc(-c3ccc(C(F)(F)F)c(CNC(=O)C=C(C)C)c3)c3c2CCN(S(C)(=O)=O)C3)CC1. The van der Waals surface area contributed by atoms with Crippen molar-refractivity contribution in [1.29, 1.82) is 0 Å². The molecule has 2 aliphatic rings. The highest BCUT2D eigenvalue weighted by Crippen LogP contribution is 2.37. The van der Waals surface area contributed by atoms with E-state index in [1.807, 2.05) is 0 Å². The summed E-state index contributed by atoms with van der Waals surface area (Å²) in [5.74, 6) is -0.469. The third-order valence-corrected chi connectivity index (χ3v) is 9.84. The number of nitrogens with two attached hydrogens (primary N) is 1. The Hall–Kier alpha value is -3.11. The second-order valence-corrected chi connectivity index (χ2v) is 14.5. The molecule has 2 unspecified atom stereocenters. The van der Waals surface area contributed by atoms with Crippen molar-refractivity contribution in [1.82, 2.24) is 24.3 Å². The highest BCUT2D eigenvalue weighted by molar-refractivity contribution is 7.88. The van der Waals surface area contributed by atoms with E-state index in [-0.39, 0.29) is 43.4 Å². The number of aromatic nitrogens is 2. The normalized spacial score (nSPS) is 18.1. The molecule has 0 radical (unpaired) electrons. The van der Waals surface area contributed by atoms with E-state index in [9.17, 15) is 36.3 Å². The number of halogens is 3. The van der Waals surface area contributed by atoms with E-state index in [4.69, 9.17) is 10.8 Å². The number of aliphatic hydroxyl groups excluding tert-OH is 1. The lowest BCUT2D eigenvalue weighted by Crippen LogP contribution is -2.46. The summed E-state index contributed by atoms with van der Waals surface area (Å²) in [7, 11) is -3.57. The van der Waals surface area contributed by atoms with Crippen molar-refractivity contribution in [3.63, 3.8) is 0 Å². The maximum absolute atomic E-state index is 13.9. The lowest BCUT2D eigenvalue weighted by Gasteiger charge is -2.35. The Balaban J connectivity index is 1.62. The van der Waals surface area contributed by atoms with Crippen LogP contribution in [0.2, 0.25) is 0 Å². The lowest BCUT2D eigenvalue weighted by molar-refractivity contribution is -0.138. The van der Waals surface area contributed by atoms with Gasteiger partial charge in [0, 0.05) is 55.5 Å². The number of nitrogens with one attached hydrogen (secondary N) is 1. The number of β-amino-alcohol motifs (C(OH)–C–C–N with tert-alkyl or cyclic N) is 1. The number of benzene rings is 1. The van der Waals surface area contributed by atoms with Crippen LogP contribution in [0.1, 0.15) is 56.0 Å². The molecule has 0 spiro atoms. The predicted octanol–water partition coefficient (Wildman–Crippen LogP) is 2.46. The predicted molar refractivity (Wildman–Crippen MR) is 167 cm³/mol. The molecule has 0 saturated carbocycles. The van der Waals surface area contributed by atoms with Gasteiger partial charge in [-0.25, -0.2) is 8.42 Å². The number of fused-ring (bicyclic) bond motifs is 1.